The second-order valence-corrected chi connectivity index (χ2v) is 6.80. The lowest BCUT2D eigenvalue weighted by atomic mass is 10.0. The molecule has 2 aliphatic rings. The van der Waals surface area contributed by atoms with Crippen molar-refractivity contribution in [2.75, 3.05) is 19.7 Å². The van der Waals surface area contributed by atoms with Gasteiger partial charge < -0.3 is 15.0 Å². The summed E-state index contributed by atoms with van der Waals surface area (Å²) in [6.07, 6.45) is 3.90. The second kappa shape index (κ2) is 8.43. The lowest BCUT2D eigenvalue weighted by molar-refractivity contribution is -0.133. The molecule has 0 saturated carbocycles. The Kier molecular flexibility index (Phi) is 6.02. The van der Waals surface area contributed by atoms with Gasteiger partial charge in [0.25, 0.3) is 0 Å². The number of hydrogen-bond donors (Lipinski definition) is 1. The van der Waals surface area contributed by atoms with Crippen LogP contribution in [0.25, 0.3) is 0 Å². The van der Waals surface area contributed by atoms with E-state index in [9.17, 15) is 14.0 Å². The summed E-state index contributed by atoms with van der Waals surface area (Å²) < 4.78 is 18.6. The molecule has 1 unspecified atom stereocenters. The lowest BCUT2D eigenvalue weighted by Crippen LogP contribution is -2.48. The van der Waals surface area contributed by atoms with Crippen molar-refractivity contribution >= 4 is 11.8 Å². The zero-order chi connectivity index (χ0) is 17.6. The van der Waals surface area contributed by atoms with Crippen molar-refractivity contribution in [3.8, 4) is 0 Å². The normalized spacial score (nSPS) is 21.3. The first-order chi connectivity index (χ1) is 12.1. The van der Waals surface area contributed by atoms with E-state index in [1.807, 2.05) is 11.0 Å². The maximum absolute atomic E-state index is 13.2. The fraction of sp³-hybridized carbons (Fsp3) is 0.579. The standard InChI is InChI=1S/C19H25FN2O3/c20-15-4-1-3-14(13-15)6-7-18(23)22-10-8-16(9-11-22)21-19(24)17-5-2-12-25-17/h1,3-4,13,16-17H,2,5-12H2,(H,21,24). The Morgan fingerprint density at radius 3 is 2.72 bits per heavy atom. The van der Waals surface area contributed by atoms with Crippen LogP contribution in [0, 0.1) is 5.82 Å². The van der Waals surface area contributed by atoms with Crippen LogP contribution in [0.1, 0.15) is 37.7 Å². The van der Waals surface area contributed by atoms with E-state index in [-0.39, 0.29) is 29.8 Å². The third-order valence-electron chi connectivity index (χ3n) is 4.93. The largest absolute Gasteiger partial charge is 0.368 e. The van der Waals surface area contributed by atoms with Crippen LogP contribution in [0.3, 0.4) is 0 Å². The number of benzene rings is 1. The van der Waals surface area contributed by atoms with Gasteiger partial charge in [-0.05, 0) is 49.8 Å². The molecule has 2 fully saturated rings. The highest BCUT2D eigenvalue weighted by atomic mass is 19.1. The number of nitrogens with zero attached hydrogens (tertiary/aromatic N) is 1. The van der Waals surface area contributed by atoms with Gasteiger partial charge in [-0.15, -0.1) is 0 Å². The average Bonchev–Trinajstić information content (AvgIpc) is 3.15. The Morgan fingerprint density at radius 2 is 2.04 bits per heavy atom. The molecule has 0 bridgehead atoms. The second-order valence-electron chi connectivity index (χ2n) is 6.80. The van der Waals surface area contributed by atoms with Crippen molar-refractivity contribution in [3.05, 3.63) is 35.6 Å². The monoisotopic (exact) mass is 348 g/mol. The number of rotatable bonds is 5. The van der Waals surface area contributed by atoms with E-state index in [2.05, 4.69) is 5.32 Å². The highest BCUT2D eigenvalue weighted by molar-refractivity contribution is 5.81. The van der Waals surface area contributed by atoms with E-state index in [0.717, 1.165) is 31.2 Å². The van der Waals surface area contributed by atoms with Gasteiger partial charge in [0.15, 0.2) is 0 Å². The van der Waals surface area contributed by atoms with E-state index < -0.39 is 0 Å². The molecule has 136 valence electrons. The third-order valence-corrected chi connectivity index (χ3v) is 4.93. The van der Waals surface area contributed by atoms with Crippen molar-refractivity contribution in [1.29, 1.82) is 0 Å². The molecule has 3 rings (SSSR count). The number of hydrogen-bond acceptors (Lipinski definition) is 3. The molecule has 1 atom stereocenters. The first-order valence-corrected chi connectivity index (χ1v) is 9.06. The van der Waals surface area contributed by atoms with E-state index in [1.54, 1.807) is 6.07 Å². The molecule has 5 nitrogen and oxygen atoms in total. The van der Waals surface area contributed by atoms with Crippen LogP contribution in [0.5, 0.6) is 0 Å². The van der Waals surface area contributed by atoms with Crippen LogP contribution < -0.4 is 5.32 Å². The molecule has 0 aliphatic carbocycles. The van der Waals surface area contributed by atoms with Gasteiger partial charge in [-0.1, -0.05) is 12.1 Å². The van der Waals surface area contributed by atoms with E-state index >= 15 is 0 Å². The Labute approximate surface area is 147 Å². The van der Waals surface area contributed by atoms with Gasteiger partial charge in [-0.3, -0.25) is 9.59 Å². The molecule has 2 heterocycles. The predicted octanol–water partition coefficient (Wildman–Crippen LogP) is 2.04. The number of amides is 2. The summed E-state index contributed by atoms with van der Waals surface area (Å²) in [5.74, 6) is -0.200. The number of ether oxygens (including phenoxy) is 1. The number of halogens is 1. The minimum absolute atomic E-state index is 0.0200. The SMILES string of the molecule is O=C(NC1CCN(C(=O)CCc2cccc(F)c2)CC1)C1CCCO1. The number of aryl methyl sites for hydroxylation is 1. The predicted molar refractivity (Wildman–Crippen MR) is 91.4 cm³/mol. The Bertz CT molecular complexity index is 608. The number of carbonyl (C=O) groups excluding carboxylic acids is 2. The summed E-state index contributed by atoms with van der Waals surface area (Å²) in [5, 5.41) is 3.04. The molecule has 0 radical (unpaired) electrons. The fourth-order valence-corrected chi connectivity index (χ4v) is 3.45. The summed E-state index contributed by atoms with van der Waals surface area (Å²) in [5.41, 5.74) is 0.840. The van der Waals surface area contributed by atoms with Crippen molar-refractivity contribution in [3.63, 3.8) is 0 Å². The minimum Gasteiger partial charge on any atom is -0.368 e. The quantitative estimate of drug-likeness (QED) is 0.886. The fourth-order valence-electron chi connectivity index (χ4n) is 3.45. The van der Waals surface area contributed by atoms with Crippen LogP contribution in [-0.4, -0.2) is 48.6 Å². The Hall–Kier alpha value is -1.95. The Balaban J connectivity index is 1.39. The molecule has 2 amide bonds. The van der Waals surface area contributed by atoms with Crippen LogP contribution in [-0.2, 0) is 20.7 Å². The molecular weight excluding hydrogens is 323 g/mol. The lowest BCUT2D eigenvalue weighted by Gasteiger charge is -2.33. The summed E-state index contributed by atoms with van der Waals surface area (Å²) in [6, 6.07) is 6.49. The number of likely N-dealkylation sites (tertiary alicyclic amines) is 1. The summed E-state index contributed by atoms with van der Waals surface area (Å²) in [4.78, 5) is 26.2. The van der Waals surface area contributed by atoms with Crippen molar-refractivity contribution in [2.24, 2.45) is 0 Å². The van der Waals surface area contributed by atoms with Gasteiger partial charge >= 0.3 is 0 Å². The van der Waals surface area contributed by atoms with Gasteiger partial charge in [0, 0.05) is 32.2 Å². The molecule has 1 N–H and O–H groups in total. The van der Waals surface area contributed by atoms with E-state index in [0.29, 0.717) is 32.5 Å². The van der Waals surface area contributed by atoms with E-state index in [1.165, 1.54) is 12.1 Å². The van der Waals surface area contributed by atoms with Crippen LogP contribution in [0.15, 0.2) is 24.3 Å². The van der Waals surface area contributed by atoms with E-state index in [4.69, 9.17) is 4.74 Å². The molecular formula is C19H25FN2O3. The first-order valence-electron chi connectivity index (χ1n) is 9.06. The zero-order valence-corrected chi connectivity index (χ0v) is 14.4. The highest BCUT2D eigenvalue weighted by Crippen LogP contribution is 2.16. The molecule has 0 aromatic heterocycles. The maximum Gasteiger partial charge on any atom is 0.249 e. The van der Waals surface area contributed by atoms with Crippen LogP contribution in [0.2, 0.25) is 0 Å². The zero-order valence-electron chi connectivity index (χ0n) is 14.4. The smallest absolute Gasteiger partial charge is 0.249 e. The molecule has 6 heteroatoms. The van der Waals surface area contributed by atoms with Crippen molar-refractivity contribution < 1.29 is 18.7 Å². The molecule has 1 aromatic rings. The van der Waals surface area contributed by atoms with Gasteiger partial charge in [0.1, 0.15) is 11.9 Å². The summed E-state index contributed by atoms with van der Waals surface area (Å²) >= 11 is 0. The maximum atomic E-state index is 13.2. The molecule has 2 aliphatic heterocycles. The molecule has 1 aromatic carbocycles. The third kappa shape index (κ3) is 5.01. The Morgan fingerprint density at radius 1 is 1.24 bits per heavy atom. The van der Waals surface area contributed by atoms with Gasteiger partial charge in [-0.2, -0.15) is 0 Å². The van der Waals surface area contributed by atoms with Crippen molar-refractivity contribution in [2.45, 2.75) is 50.7 Å². The minimum atomic E-state index is -0.300. The molecule has 25 heavy (non-hydrogen) atoms. The highest BCUT2D eigenvalue weighted by Gasteiger charge is 2.28. The number of carbonyl (C=O) groups is 2. The van der Waals surface area contributed by atoms with Gasteiger partial charge in [0.05, 0.1) is 0 Å². The van der Waals surface area contributed by atoms with Crippen molar-refractivity contribution in [1.82, 2.24) is 10.2 Å². The first kappa shape index (κ1) is 17.9. The van der Waals surface area contributed by atoms with Gasteiger partial charge in [-0.25, -0.2) is 4.39 Å². The average molecular weight is 348 g/mol. The summed E-state index contributed by atoms with van der Waals surface area (Å²) in [6.45, 7) is 1.97. The number of nitrogens with one attached hydrogen (secondary N) is 1. The molecule has 0 spiro atoms. The topological polar surface area (TPSA) is 58.6 Å². The van der Waals surface area contributed by atoms with Crippen LogP contribution in [0.4, 0.5) is 4.39 Å². The summed E-state index contributed by atoms with van der Waals surface area (Å²) in [7, 11) is 0. The van der Waals surface area contributed by atoms with Gasteiger partial charge in [0.2, 0.25) is 11.8 Å². The molecule has 2 saturated heterocycles. The number of piperidine rings is 1. The van der Waals surface area contributed by atoms with Crippen LogP contribution >= 0.6 is 0 Å².